The molecule has 1 aliphatic carbocycles. The van der Waals surface area contributed by atoms with Crippen molar-refractivity contribution in [3.05, 3.63) is 83.8 Å². The first-order valence-corrected chi connectivity index (χ1v) is 13.8. The van der Waals surface area contributed by atoms with Crippen LogP contribution in [-0.2, 0) is 19.1 Å². The summed E-state index contributed by atoms with van der Waals surface area (Å²) in [6.07, 6.45) is 3.82. The number of anilines is 1. The number of fused-ring (bicyclic) bond motifs is 1. The smallest absolute Gasteiger partial charge is 0.369 e. The van der Waals surface area contributed by atoms with Gasteiger partial charge in [0.2, 0.25) is 0 Å². The summed E-state index contributed by atoms with van der Waals surface area (Å²) in [7, 11) is 0. The van der Waals surface area contributed by atoms with Crippen LogP contribution in [0.4, 0.5) is 19.0 Å². The summed E-state index contributed by atoms with van der Waals surface area (Å²) in [5.74, 6) is 1.38. The fourth-order valence-corrected chi connectivity index (χ4v) is 5.49. The van der Waals surface area contributed by atoms with Gasteiger partial charge < -0.3 is 5.32 Å². The van der Waals surface area contributed by atoms with Crippen LogP contribution in [0.3, 0.4) is 0 Å². The Morgan fingerprint density at radius 2 is 1.74 bits per heavy atom. The third-order valence-electron chi connectivity index (χ3n) is 7.52. The lowest BCUT2D eigenvalue weighted by atomic mass is 9.94. The molecular weight excluding hydrogens is 499 g/mol. The van der Waals surface area contributed by atoms with Gasteiger partial charge in [0.15, 0.2) is 0 Å². The van der Waals surface area contributed by atoms with Crippen molar-refractivity contribution in [2.75, 3.05) is 18.4 Å². The van der Waals surface area contributed by atoms with Crippen LogP contribution in [0.2, 0.25) is 0 Å². The fourth-order valence-electron chi connectivity index (χ4n) is 5.49. The van der Waals surface area contributed by atoms with E-state index in [9.17, 15) is 13.2 Å². The molecular formula is C31H34F3N5. The number of alkyl halides is 3. The van der Waals surface area contributed by atoms with Crippen LogP contribution in [0.5, 0.6) is 0 Å². The minimum absolute atomic E-state index is 0.0944. The maximum atomic E-state index is 13.7. The Morgan fingerprint density at radius 3 is 2.49 bits per heavy atom. The lowest BCUT2D eigenvalue weighted by molar-refractivity contribution is -0.137. The van der Waals surface area contributed by atoms with Crippen molar-refractivity contribution >= 4 is 16.7 Å². The molecule has 2 heterocycles. The number of halogens is 3. The average Bonchev–Trinajstić information content (AvgIpc) is 2.96. The first-order chi connectivity index (χ1) is 18.9. The van der Waals surface area contributed by atoms with Gasteiger partial charge in [-0.2, -0.15) is 13.2 Å². The molecule has 1 N–H and O–H groups in total. The Kier molecular flexibility index (Phi) is 8.41. The quantitative estimate of drug-likeness (QED) is 0.241. The van der Waals surface area contributed by atoms with Gasteiger partial charge in [-0.1, -0.05) is 62.6 Å². The van der Waals surface area contributed by atoms with E-state index in [4.69, 9.17) is 9.97 Å². The van der Waals surface area contributed by atoms with E-state index < -0.39 is 11.7 Å². The fraction of sp³-hybridized carbons (Fsp3) is 0.387. The summed E-state index contributed by atoms with van der Waals surface area (Å²) in [5.41, 5.74) is 1.36. The summed E-state index contributed by atoms with van der Waals surface area (Å²) in [4.78, 5) is 16.3. The molecule has 1 fully saturated rings. The second-order valence-corrected chi connectivity index (χ2v) is 10.1. The molecule has 0 unspecified atom stereocenters. The van der Waals surface area contributed by atoms with Crippen molar-refractivity contribution in [3.63, 3.8) is 0 Å². The number of nitrogens with zero attached hydrogens (tertiary/aromatic N) is 4. The summed E-state index contributed by atoms with van der Waals surface area (Å²) in [5, 5.41) is 4.26. The largest absolute Gasteiger partial charge is 0.418 e. The third-order valence-corrected chi connectivity index (χ3v) is 7.52. The van der Waals surface area contributed by atoms with Crippen LogP contribution in [0.15, 0.2) is 66.9 Å². The normalized spacial score (nSPS) is 14.7. The van der Waals surface area contributed by atoms with Crippen molar-refractivity contribution in [3.8, 4) is 11.3 Å². The highest BCUT2D eigenvalue weighted by Crippen LogP contribution is 2.37. The molecule has 4 aromatic rings. The molecule has 8 heteroatoms. The van der Waals surface area contributed by atoms with E-state index in [1.54, 1.807) is 18.2 Å². The zero-order valence-corrected chi connectivity index (χ0v) is 22.2. The summed E-state index contributed by atoms with van der Waals surface area (Å²) < 4.78 is 41.2. The van der Waals surface area contributed by atoms with Crippen LogP contribution >= 0.6 is 0 Å². The van der Waals surface area contributed by atoms with Gasteiger partial charge in [0.25, 0.3) is 0 Å². The monoisotopic (exact) mass is 533 g/mol. The highest BCUT2D eigenvalue weighted by molar-refractivity contribution is 5.92. The van der Waals surface area contributed by atoms with Gasteiger partial charge in [-0.15, -0.1) is 0 Å². The highest BCUT2D eigenvalue weighted by Gasteiger charge is 2.34. The molecule has 5 rings (SSSR count). The van der Waals surface area contributed by atoms with Crippen LogP contribution in [-0.4, -0.2) is 39.0 Å². The van der Waals surface area contributed by atoms with E-state index in [0.29, 0.717) is 41.9 Å². The molecule has 0 radical (unpaired) electrons. The van der Waals surface area contributed by atoms with Gasteiger partial charge in [-0.05, 0) is 55.6 Å². The second-order valence-electron chi connectivity index (χ2n) is 10.1. The number of benzene rings is 2. The number of rotatable bonds is 9. The maximum Gasteiger partial charge on any atom is 0.418 e. The minimum Gasteiger partial charge on any atom is -0.369 e. The minimum atomic E-state index is -4.50. The zero-order chi connectivity index (χ0) is 27.2. The molecule has 1 saturated carbocycles. The number of hydrogen-bond donors (Lipinski definition) is 1. The molecule has 0 amide bonds. The number of pyridine rings is 1. The van der Waals surface area contributed by atoms with E-state index in [2.05, 4.69) is 34.3 Å². The molecule has 0 atom stereocenters. The Balaban J connectivity index is 1.50. The molecule has 0 saturated heterocycles. The average molecular weight is 534 g/mol. The zero-order valence-electron chi connectivity index (χ0n) is 22.2. The van der Waals surface area contributed by atoms with E-state index in [1.807, 2.05) is 18.2 Å². The first kappa shape index (κ1) is 27.1. The van der Waals surface area contributed by atoms with E-state index >= 15 is 0 Å². The summed E-state index contributed by atoms with van der Waals surface area (Å²) in [6.45, 7) is 4.33. The summed E-state index contributed by atoms with van der Waals surface area (Å²) >= 11 is 0. The SMILES string of the molecule is CCN(Cc1nc(NCCc2ccccc2)c2ccc(-c3ncccc3C(F)(F)F)cc2n1)C1CCCCC1. The first-order valence-electron chi connectivity index (χ1n) is 13.8. The van der Waals surface area contributed by atoms with Crippen LogP contribution in [0.25, 0.3) is 22.2 Å². The molecule has 204 valence electrons. The molecule has 5 nitrogen and oxygen atoms in total. The second kappa shape index (κ2) is 12.1. The van der Waals surface area contributed by atoms with Crippen LogP contribution in [0.1, 0.15) is 56.0 Å². The topological polar surface area (TPSA) is 53.9 Å². The predicted octanol–water partition coefficient (Wildman–Crippen LogP) is 7.52. The number of aromatic nitrogens is 3. The molecule has 0 spiro atoms. The summed E-state index contributed by atoms with van der Waals surface area (Å²) in [6, 6.07) is 18.3. The third kappa shape index (κ3) is 6.56. The Labute approximate surface area is 227 Å². The van der Waals surface area contributed by atoms with Gasteiger partial charge in [-0.3, -0.25) is 9.88 Å². The van der Waals surface area contributed by atoms with Crippen LogP contribution in [0, 0.1) is 0 Å². The number of nitrogens with one attached hydrogen (secondary N) is 1. The van der Waals surface area contributed by atoms with Crippen LogP contribution < -0.4 is 5.32 Å². The van der Waals surface area contributed by atoms with E-state index in [0.717, 1.165) is 24.4 Å². The molecule has 1 aliphatic rings. The van der Waals surface area contributed by atoms with Crippen molar-refractivity contribution in [2.45, 2.75) is 64.2 Å². The lowest BCUT2D eigenvalue weighted by Crippen LogP contribution is -2.36. The lowest BCUT2D eigenvalue weighted by Gasteiger charge is -2.33. The molecule has 2 aromatic heterocycles. The van der Waals surface area contributed by atoms with Crippen molar-refractivity contribution in [1.82, 2.24) is 19.9 Å². The van der Waals surface area contributed by atoms with E-state index in [1.165, 1.54) is 49.9 Å². The van der Waals surface area contributed by atoms with Gasteiger partial charge in [0, 0.05) is 29.7 Å². The molecule has 0 bridgehead atoms. The van der Waals surface area contributed by atoms with Gasteiger partial charge in [-0.25, -0.2) is 9.97 Å². The maximum absolute atomic E-state index is 13.7. The molecule has 39 heavy (non-hydrogen) atoms. The number of hydrogen-bond acceptors (Lipinski definition) is 5. The highest BCUT2D eigenvalue weighted by atomic mass is 19.4. The Hall–Kier alpha value is -3.52. The van der Waals surface area contributed by atoms with E-state index in [-0.39, 0.29) is 5.69 Å². The molecule has 2 aromatic carbocycles. The van der Waals surface area contributed by atoms with Crippen molar-refractivity contribution in [2.24, 2.45) is 0 Å². The standard InChI is InChI=1S/C31H34F3N5/c1-2-39(24-12-7-4-8-13-24)21-28-37-27-20-23(29-26(31(32,33)34)14-9-18-35-29)15-16-25(27)30(38-28)36-19-17-22-10-5-3-6-11-22/h3,5-6,9-11,14-16,18,20,24H,2,4,7-8,12-13,17,19,21H2,1H3,(H,36,37,38). The van der Waals surface area contributed by atoms with Gasteiger partial charge in [0.1, 0.15) is 11.6 Å². The van der Waals surface area contributed by atoms with Gasteiger partial charge >= 0.3 is 6.18 Å². The van der Waals surface area contributed by atoms with Crippen molar-refractivity contribution < 1.29 is 13.2 Å². The molecule has 0 aliphatic heterocycles. The van der Waals surface area contributed by atoms with Gasteiger partial charge in [0.05, 0.1) is 23.3 Å². The Bertz CT molecular complexity index is 1380. The Morgan fingerprint density at radius 1 is 0.949 bits per heavy atom. The van der Waals surface area contributed by atoms with Crippen molar-refractivity contribution in [1.29, 1.82) is 0 Å². The predicted molar refractivity (Wildman–Crippen MR) is 149 cm³/mol.